The van der Waals surface area contributed by atoms with Crippen molar-refractivity contribution in [3.63, 3.8) is 0 Å². The van der Waals surface area contributed by atoms with E-state index in [1.807, 2.05) is 28.8 Å². The normalized spacial score (nSPS) is 15.9. The van der Waals surface area contributed by atoms with Crippen molar-refractivity contribution in [1.82, 2.24) is 24.6 Å². The molecule has 17 heteroatoms. The quantitative estimate of drug-likeness (QED) is 0.0381. The number of hydrogen-bond acceptors (Lipinski definition) is 13. The van der Waals surface area contributed by atoms with Gasteiger partial charge in [0, 0.05) is 41.7 Å². The fourth-order valence-corrected chi connectivity index (χ4v) is 6.43. The average Bonchev–Trinajstić information content (AvgIpc) is 3.80. The number of nitrogens with zero attached hydrogens (tertiary/aromatic N) is 7. The lowest BCUT2D eigenvalue weighted by molar-refractivity contribution is -0.124. The first-order valence-corrected chi connectivity index (χ1v) is 18.3. The second kappa shape index (κ2) is 22.0. The van der Waals surface area contributed by atoms with Crippen LogP contribution in [0.5, 0.6) is 5.75 Å². The molecule has 3 heterocycles. The third kappa shape index (κ3) is 11.8. The van der Waals surface area contributed by atoms with Gasteiger partial charge in [0.15, 0.2) is 5.82 Å². The number of para-hydroxylation sites is 1. The third-order valence-corrected chi connectivity index (χ3v) is 9.10. The molecule has 53 heavy (non-hydrogen) atoms. The van der Waals surface area contributed by atoms with E-state index >= 15 is 0 Å². The summed E-state index contributed by atoms with van der Waals surface area (Å²) in [4.78, 5) is 28.5. The Balaban J connectivity index is 0.905. The molecule has 0 radical (unpaired) electrons. The Hall–Kier alpha value is -4.35. The lowest BCUT2D eigenvalue weighted by Gasteiger charge is -2.26. The van der Waals surface area contributed by atoms with Gasteiger partial charge in [0.1, 0.15) is 34.9 Å². The first-order valence-electron chi connectivity index (χ1n) is 18.3. The standard InChI is InChI=1S/C36H51N9O8/c1-47-31-6-2-4-28-24-29(42-32(28)31)33-34-35(37)39-25-41-45(34)36(43-33)27-9-7-26(8-10-27)30(46)5-3-12-48-14-16-50-18-20-52-22-23-53-21-19-51-17-15-49-13-11-40-44-38/h2,4,6,24-27,42H,3,5,7-23H2,1H3,(H2,37,39,41). The number of rotatable bonds is 26. The third-order valence-electron chi connectivity index (χ3n) is 9.10. The van der Waals surface area contributed by atoms with Crippen LogP contribution in [0.2, 0.25) is 0 Å². The molecule has 3 N–H and O–H groups in total. The largest absolute Gasteiger partial charge is 0.495 e. The van der Waals surface area contributed by atoms with Crippen LogP contribution in [0.15, 0.2) is 35.7 Å². The van der Waals surface area contributed by atoms with Gasteiger partial charge in [-0.2, -0.15) is 5.10 Å². The second-order valence-corrected chi connectivity index (χ2v) is 12.6. The van der Waals surface area contributed by atoms with Crippen molar-refractivity contribution in [3.05, 3.63) is 46.9 Å². The molecule has 0 unspecified atom stereocenters. The maximum Gasteiger partial charge on any atom is 0.153 e. The molecule has 4 aromatic rings. The number of hydrogen-bond donors (Lipinski definition) is 2. The number of benzene rings is 1. The monoisotopic (exact) mass is 737 g/mol. The number of azide groups is 1. The number of nitrogens with two attached hydrogens (primary N) is 1. The summed E-state index contributed by atoms with van der Waals surface area (Å²) in [5.41, 5.74) is 17.6. The second-order valence-electron chi connectivity index (χ2n) is 12.6. The van der Waals surface area contributed by atoms with E-state index in [-0.39, 0.29) is 11.8 Å². The molecular formula is C36H51N9O8. The Morgan fingerprint density at radius 1 is 0.925 bits per heavy atom. The molecular weight excluding hydrogens is 686 g/mol. The minimum atomic E-state index is 0.0492. The fourth-order valence-electron chi connectivity index (χ4n) is 6.43. The van der Waals surface area contributed by atoms with Crippen molar-refractivity contribution in [2.75, 3.05) is 98.7 Å². The Labute approximate surface area is 308 Å². The molecule has 0 aliphatic heterocycles. The maximum atomic E-state index is 13.0. The molecule has 0 amide bonds. The van der Waals surface area contributed by atoms with E-state index in [0.717, 1.165) is 53.9 Å². The Morgan fingerprint density at radius 2 is 1.55 bits per heavy atom. The van der Waals surface area contributed by atoms with Gasteiger partial charge < -0.3 is 43.9 Å². The number of aromatic nitrogens is 5. The highest BCUT2D eigenvalue weighted by molar-refractivity contribution is 5.93. The number of nitrogens with one attached hydrogen (secondary N) is 1. The molecule has 1 aromatic carbocycles. The predicted octanol–water partition coefficient (Wildman–Crippen LogP) is 4.90. The van der Waals surface area contributed by atoms with Crippen LogP contribution in [0.1, 0.15) is 50.3 Å². The summed E-state index contributed by atoms with van der Waals surface area (Å²) in [6.07, 6.45) is 5.98. The van der Waals surface area contributed by atoms with E-state index in [4.69, 9.17) is 49.4 Å². The van der Waals surface area contributed by atoms with E-state index in [1.165, 1.54) is 6.33 Å². The summed E-state index contributed by atoms with van der Waals surface area (Å²) in [7, 11) is 1.65. The Bertz CT molecular complexity index is 1750. The number of H-pyrrole nitrogens is 1. The Morgan fingerprint density at radius 3 is 2.17 bits per heavy atom. The van der Waals surface area contributed by atoms with Gasteiger partial charge in [-0.05, 0) is 49.8 Å². The first-order chi connectivity index (χ1) is 26.1. The highest BCUT2D eigenvalue weighted by Crippen LogP contribution is 2.39. The summed E-state index contributed by atoms with van der Waals surface area (Å²) in [5.74, 6) is 2.46. The molecule has 17 nitrogen and oxygen atoms in total. The van der Waals surface area contributed by atoms with Crippen LogP contribution in [0.25, 0.3) is 38.3 Å². The molecule has 0 atom stereocenters. The highest BCUT2D eigenvalue weighted by Gasteiger charge is 2.31. The minimum absolute atomic E-state index is 0.0492. The van der Waals surface area contributed by atoms with Gasteiger partial charge >= 0.3 is 0 Å². The molecule has 1 aliphatic rings. The topological polar surface area (TPSA) is 215 Å². The van der Waals surface area contributed by atoms with E-state index in [1.54, 1.807) is 7.11 Å². The van der Waals surface area contributed by atoms with Crippen LogP contribution in [0.3, 0.4) is 0 Å². The van der Waals surface area contributed by atoms with E-state index in [0.29, 0.717) is 121 Å². The zero-order valence-electron chi connectivity index (χ0n) is 30.5. The van der Waals surface area contributed by atoms with E-state index in [2.05, 4.69) is 25.1 Å². The number of fused-ring (bicyclic) bond motifs is 2. The van der Waals surface area contributed by atoms with Gasteiger partial charge in [-0.3, -0.25) is 4.79 Å². The predicted molar refractivity (Wildman–Crippen MR) is 197 cm³/mol. The number of ether oxygens (including phenoxy) is 7. The summed E-state index contributed by atoms with van der Waals surface area (Å²) in [6.45, 7) is 5.94. The number of methoxy groups -OCH3 is 1. The molecule has 1 fully saturated rings. The molecule has 0 bridgehead atoms. The van der Waals surface area contributed by atoms with Crippen molar-refractivity contribution in [3.8, 4) is 17.1 Å². The summed E-state index contributed by atoms with van der Waals surface area (Å²) in [6, 6.07) is 7.93. The van der Waals surface area contributed by atoms with Crippen LogP contribution in [0, 0.1) is 5.92 Å². The minimum Gasteiger partial charge on any atom is -0.495 e. The van der Waals surface area contributed by atoms with Gasteiger partial charge in [-0.15, -0.1) is 0 Å². The maximum absolute atomic E-state index is 13.0. The van der Waals surface area contributed by atoms with E-state index in [9.17, 15) is 4.79 Å². The molecule has 0 saturated heterocycles. The number of ketones is 1. The Kier molecular flexibility index (Phi) is 16.5. The van der Waals surface area contributed by atoms with Crippen LogP contribution < -0.4 is 10.5 Å². The first kappa shape index (κ1) is 39.8. The summed E-state index contributed by atoms with van der Waals surface area (Å²) in [5, 5.41) is 8.93. The van der Waals surface area contributed by atoms with Gasteiger partial charge in [0.2, 0.25) is 0 Å². The van der Waals surface area contributed by atoms with Crippen LogP contribution in [-0.4, -0.2) is 123 Å². The summed E-state index contributed by atoms with van der Waals surface area (Å²) >= 11 is 0. The number of carbonyl (C=O) groups is 1. The van der Waals surface area contributed by atoms with Crippen molar-refractivity contribution in [2.24, 2.45) is 11.0 Å². The van der Waals surface area contributed by atoms with Crippen molar-refractivity contribution in [2.45, 2.75) is 44.4 Å². The zero-order chi connectivity index (χ0) is 37.1. The lowest BCUT2D eigenvalue weighted by Crippen LogP contribution is -2.22. The molecule has 1 saturated carbocycles. The van der Waals surface area contributed by atoms with Gasteiger partial charge in [0.25, 0.3) is 0 Å². The van der Waals surface area contributed by atoms with Crippen LogP contribution in [0.4, 0.5) is 5.82 Å². The zero-order valence-corrected chi connectivity index (χ0v) is 30.5. The highest BCUT2D eigenvalue weighted by atomic mass is 16.6. The summed E-state index contributed by atoms with van der Waals surface area (Å²) < 4.78 is 40.2. The van der Waals surface area contributed by atoms with Crippen molar-refractivity contribution >= 4 is 28.0 Å². The number of aromatic amines is 1. The van der Waals surface area contributed by atoms with Crippen molar-refractivity contribution < 1.29 is 38.0 Å². The molecule has 5 rings (SSSR count). The number of Topliss-reactive ketones (excluding diaryl/α,β-unsaturated/α-hetero) is 1. The smallest absolute Gasteiger partial charge is 0.153 e. The van der Waals surface area contributed by atoms with Crippen molar-refractivity contribution in [1.29, 1.82) is 0 Å². The molecule has 3 aromatic heterocycles. The van der Waals surface area contributed by atoms with Gasteiger partial charge in [0.05, 0.1) is 91.0 Å². The van der Waals surface area contributed by atoms with Crippen LogP contribution in [-0.2, 0) is 33.2 Å². The lowest BCUT2D eigenvalue weighted by atomic mass is 9.79. The molecule has 1 aliphatic carbocycles. The number of imidazole rings is 1. The average molecular weight is 738 g/mol. The van der Waals surface area contributed by atoms with Crippen LogP contribution >= 0.6 is 0 Å². The molecule has 288 valence electrons. The van der Waals surface area contributed by atoms with E-state index < -0.39 is 0 Å². The number of anilines is 1. The SMILES string of the molecule is COc1cccc2cc(-c3nc(C4CCC(C(=O)CCCOCCOCCOCCOCCOCCOCCN=[N+]=[N-])CC4)n4ncnc(N)c34)[nH]c12. The molecule has 0 spiro atoms. The fraction of sp³-hybridized carbons (Fsp3) is 0.611. The van der Waals surface area contributed by atoms with Gasteiger partial charge in [-0.1, -0.05) is 17.2 Å². The number of carbonyl (C=O) groups excluding carboxylic acids is 1. The number of nitrogen functional groups attached to an aromatic ring is 1. The van der Waals surface area contributed by atoms with Gasteiger partial charge in [-0.25, -0.2) is 14.5 Å².